The summed E-state index contributed by atoms with van der Waals surface area (Å²) in [5.41, 5.74) is 2.08. The van der Waals surface area contributed by atoms with Crippen LogP contribution in [0.5, 0.6) is 0 Å². The topological polar surface area (TPSA) is 56.5 Å². The van der Waals surface area contributed by atoms with Crippen LogP contribution in [-0.2, 0) is 4.79 Å². The lowest BCUT2D eigenvalue weighted by atomic mass is 10.1. The maximum Gasteiger partial charge on any atom is 0.281 e. The van der Waals surface area contributed by atoms with Gasteiger partial charge in [-0.2, -0.15) is 15.4 Å². The lowest BCUT2D eigenvalue weighted by molar-refractivity contribution is -0.114. The predicted octanol–water partition coefficient (Wildman–Crippen LogP) is 2.25. The van der Waals surface area contributed by atoms with Crippen molar-refractivity contribution in [1.82, 2.24) is 0 Å². The summed E-state index contributed by atoms with van der Waals surface area (Å²) >= 11 is 0. The van der Waals surface area contributed by atoms with Gasteiger partial charge in [0.25, 0.3) is 5.91 Å². The molecule has 1 aliphatic rings. The van der Waals surface area contributed by atoms with Crippen LogP contribution in [0.2, 0.25) is 0 Å². The number of anilines is 1. The van der Waals surface area contributed by atoms with Gasteiger partial charge < -0.3 is 0 Å². The number of carbonyl (C=O) groups is 1. The second kappa shape index (κ2) is 4.22. The SMILES string of the molecule is CC1=NN(c2ccccc2)C(=O)/C1=C(/C)C#N. The molecule has 2 rings (SSSR count). The standard InChI is InChI=1S/C13H11N3O/c1-9(8-14)12-10(2)15-16(13(12)17)11-6-4-3-5-7-11/h3-7H,1-2H3/b12-9-. The van der Waals surface area contributed by atoms with Crippen molar-refractivity contribution in [3.63, 3.8) is 0 Å². The first-order chi connectivity index (χ1) is 8.15. The molecule has 17 heavy (non-hydrogen) atoms. The fraction of sp³-hybridized carbons (Fsp3) is 0.154. The van der Waals surface area contributed by atoms with Gasteiger partial charge in [0.2, 0.25) is 0 Å². The molecule has 0 aromatic heterocycles. The molecule has 1 aromatic carbocycles. The minimum Gasteiger partial charge on any atom is -0.267 e. The van der Waals surface area contributed by atoms with Crippen LogP contribution in [-0.4, -0.2) is 11.6 Å². The molecule has 0 N–H and O–H groups in total. The maximum atomic E-state index is 12.1. The molecule has 0 atom stereocenters. The summed E-state index contributed by atoms with van der Waals surface area (Å²) in [6, 6.07) is 11.2. The third-order valence-electron chi connectivity index (χ3n) is 2.56. The molecular weight excluding hydrogens is 214 g/mol. The van der Waals surface area contributed by atoms with Crippen molar-refractivity contribution in [2.45, 2.75) is 13.8 Å². The molecule has 0 bridgehead atoms. The third kappa shape index (κ3) is 1.83. The first-order valence-electron chi connectivity index (χ1n) is 5.21. The average molecular weight is 225 g/mol. The summed E-state index contributed by atoms with van der Waals surface area (Å²) in [5.74, 6) is -0.243. The molecule has 4 heteroatoms. The highest BCUT2D eigenvalue weighted by Gasteiger charge is 2.30. The number of carbonyl (C=O) groups excluding carboxylic acids is 1. The average Bonchev–Trinajstić information content (AvgIpc) is 2.65. The lowest BCUT2D eigenvalue weighted by Crippen LogP contribution is -2.21. The lowest BCUT2D eigenvalue weighted by Gasteiger charge is -2.11. The maximum absolute atomic E-state index is 12.1. The number of nitriles is 1. The van der Waals surface area contributed by atoms with Crippen LogP contribution in [0.4, 0.5) is 5.69 Å². The second-order valence-electron chi connectivity index (χ2n) is 3.75. The van der Waals surface area contributed by atoms with E-state index in [2.05, 4.69) is 5.10 Å². The number of rotatable bonds is 1. The monoisotopic (exact) mass is 225 g/mol. The third-order valence-corrected chi connectivity index (χ3v) is 2.56. The first kappa shape index (κ1) is 11.1. The largest absolute Gasteiger partial charge is 0.281 e. The van der Waals surface area contributed by atoms with E-state index in [0.29, 0.717) is 22.5 Å². The number of benzene rings is 1. The molecule has 1 amide bonds. The number of allylic oxidation sites excluding steroid dienone is 1. The molecule has 0 fully saturated rings. The molecule has 1 aliphatic heterocycles. The molecule has 0 unspecified atom stereocenters. The predicted molar refractivity (Wildman–Crippen MR) is 65.4 cm³/mol. The van der Waals surface area contributed by atoms with Gasteiger partial charge in [-0.3, -0.25) is 4.79 Å². The van der Waals surface area contributed by atoms with E-state index in [-0.39, 0.29) is 5.91 Å². The van der Waals surface area contributed by atoms with Gasteiger partial charge in [-0.1, -0.05) is 18.2 Å². The minimum absolute atomic E-state index is 0.243. The molecule has 84 valence electrons. The number of hydrogen-bond acceptors (Lipinski definition) is 3. The van der Waals surface area contributed by atoms with Gasteiger partial charge in [-0.15, -0.1) is 0 Å². The van der Waals surface area contributed by atoms with Crippen molar-refractivity contribution >= 4 is 17.3 Å². The molecule has 0 aliphatic carbocycles. The number of para-hydroxylation sites is 1. The summed E-state index contributed by atoms with van der Waals surface area (Å²) in [5, 5.41) is 14.4. The molecule has 0 saturated heterocycles. The highest BCUT2D eigenvalue weighted by Crippen LogP contribution is 2.24. The Kier molecular flexibility index (Phi) is 2.75. The van der Waals surface area contributed by atoms with Crippen molar-refractivity contribution in [2.24, 2.45) is 5.10 Å². The smallest absolute Gasteiger partial charge is 0.267 e. The van der Waals surface area contributed by atoms with E-state index >= 15 is 0 Å². The zero-order chi connectivity index (χ0) is 12.4. The zero-order valence-corrected chi connectivity index (χ0v) is 9.64. The summed E-state index contributed by atoms with van der Waals surface area (Å²) in [7, 11) is 0. The Balaban J connectivity index is 2.46. The van der Waals surface area contributed by atoms with Gasteiger partial charge in [-0.05, 0) is 26.0 Å². The highest BCUT2D eigenvalue weighted by atomic mass is 16.2. The Morgan fingerprint density at radius 2 is 2.00 bits per heavy atom. The van der Waals surface area contributed by atoms with Crippen LogP contribution in [0.3, 0.4) is 0 Å². The van der Waals surface area contributed by atoms with Crippen LogP contribution >= 0.6 is 0 Å². The fourth-order valence-electron chi connectivity index (χ4n) is 1.74. The molecule has 1 heterocycles. The van der Waals surface area contributed by atoms with E-state index in [1.165, 1.54) is 5.01 Å². The van der Waals surface area contributed by atoms with E-state index < -0.39 is 0 Å². The number of hydrogen-bond donors (Lipinski definition) is 0. The normalized spacial score (nSPS) is 17.8. The van der Waals surface area contributed by atoms with Crippen LogP contribution in [0.25, 0.3) is 0 Å². The van der Waals surface area contributed by atoms with Crippen LogP contribution in [0, 0.1) is 11.3 Å². The van der Waals surface area contributed by atoms with Crippen LogP contribution in [0.15, 0.2) is 46.6 Å². The van der Waals surface area contributed by atoms with E-state index in [9.17, 15) is 4.79 Å². The van der Waals surface area contributed by atoms with E-state index in [1.807, 2.05) is 24.3 Å². The molecular formula is C13H11N3O. The minimum atomic E-state index is -0.243. The van der Waals surface area contributed by atoms with Gasteiger partial charge in [0.05, 0.1) is 23.0 Å². The van der Waals surface area contributed by atoms with Gasteiger partial charge >= 0.3 is 0 Å². The number of amides is 1. The van der Waals surface area contributed by atoms with Crippen LogP contribution < -0.4 is 5.01 Å². The molecule has 0 radical (unpaired) electrons. The van der Waals surface area contributed by atoms with Gasteiger partial charge in [0.1, 0.15) is 0 Å². The highest BCUT2D eigenvalue weighted by molar-refractivity contribution is 6.30. The van der Waals surface area contributed by atoms with E-state index in [1.54, 1.807) is 26.0 Å². The Bertz CT molecular complexity index is 564. The summed E-state index contributed by atoms with van der Waals surface area (Å²) < 4.78 is 0. The van der Waals surface area contributed by atoms with Crippen molar-refractivity contribution in [1.29, 1.82) is 5.26 Å². The number of nitrogens with zero attached hydrogens (tertiary/aromatic N) is 3. The van der Waals surface area contributed by atoms with Crippen molar-refractivity contribution in [2.75, 3.05) is 5.01 Å². The second-order valence-corrected chi connectivity index (χ2v) is 3.75. The molecule has 1 aromatic rings. The summed E-state index contributed by atoms with van der Waals surface area (Å²) in [4.78, 5) is 12.1. The molecule has 4 nitrogen and oxygen atoms in total. The quantitative estimate of drug-likeness (QED) is 0.543. The Morgan fingerprint density at radius 3 is 2.59 bits per heavy atom. The van der Waals surface area contributed by atoms with Gasteiger partial charge in [0, 0.05) is 5.57 Å². The molecule has 0 saturated carbocycles. The Hall–Kier alpha value is -2.41. The Morgan fingerprint density at radius 1 is 1.35 bits per heavy atom. The van der Waals surface area contributed by atoms with Crippen molar-refractivity contribution in [3.8, 4) is 6.07 Å². The van der Waals surface area contributed by atoms with Crippen LogP contribution in [0.1, 0.15) is 13.8 Å². The summed E-state index contributed by atoms with van der Waals surface area (Å²) in [6.45, 7) is 3.36. The summed E-state index contributed by atoms with van der Waals surface area (Å²) in [6.07, 6.45) is 0. The molecule has 0 spiro atoms. The van der Waals surface area contributed by atoms with Crippen molar-refractivity contribution < 1.29 is 4.79 Å². The zero-order valence-electron chi connectivity index (χ0n) is 9.64. The van der Waals surface area contributed by atoms with Gasteiger partial charge in [0.15, 0.2) is 0 Å². The van der Waals surface area contributed by atoms with E-state index in [4.69, 9.17) is 5.26 Å². The Labute approximate surface area is 99.5 Å². The number of hydrazone groups is 1. The fourth-order valence-corrected chi connectivity index (χ4v) is 1.74. The van der Waals surface area contributed by atoms with Crippen molar-refractivity contribution in [3.05, 3.63) is 41.5 Å². The van der Waals surface area contributed by atoms with E-state index in [0.717, 1.165) is 0 Å². The first-order valence-corrected chi connectivity index (χ1v) is 5.21. The van der Waals surface area contributed by atoms with Gasteiger partial charge in [-0.25, -0.2) is 0 Å².